The Morgan fingerprint density at radius 3 is 2.88 bits per heavy atom. The van der Waals surface area contributed by atoms with Gasteiger partial charge in [0.1, 0.15) is 30.1 Å². The average Bonchev–Trinajstić information content (AvgIpc) is 3.22. The number of piperidine rings is 1. The molecule has 1 N–H and O–H groups in total. The predicted octanol–water partition coefficient (Wildman–Crippen LogP) is 4.69. The second-order valence-corrected chi connectivity index (χ2v) is 8.07. The van der Waals surface area contributed by atoms with Crippen molar-refractivity contribution in [2.45, 2.75) is 25.4 Å². The number of hydrogen-bond acceptors (Lipinski definition) is 7. The minimum atomic E-state index is -0.550. The molecule has 1 aliphatic rings. The Bertz CT molecular complexity index is 1080. The van der Waals surface area contributed by atoms with Crippen LogP contribution < -0.4 is 10.1 Å². The highest BCUT2D eigenvalue weighted by atomic mass is 35.5. The number of benzene rings is 2. The van der Waals surface area contributed by atoms with E-state index in [0.717, 1.165) is 38.0 Å². The Kier molecular flexibility index (Phi) is 7.12. The Hall–Kier alpha value is -2.84. The first kappa shape index (κ1) is 22.4. The van der Waals surface area contributed by atoms with Crippen LogP contribution in [0.2, 0.25) is 5.02 Å². The fourth-order valence-electron chi connectivity index (χ4n) is 3.85. The summed E-state index contributed by atoms with van der Waals surface area (Å²) in [6.07, 6.45) is 1.84. The maximum Gasteiger partial charge on any atom is 0.341 e. The molecule has 4 rings (SSSR count). The largest absolute Gasteiger partial charge is 0.489 e. The summed E-state index contributed by atoms with van der Waals surface area (Å²) in [6.45, 7) is 2.01. The van der Waals surface area contributed by atoms with Gasteiger partial charge in [-0.15, -0.1) is 0 Å². The van der Waals surface area contributed by atoms with Crippen LogP contribution in [0.15, 0.2) is 40.8 Å². The van der Waals surface area contributed by atoms with Crippen LogP contribution in [0.3, 0.4) is 0 Å². The quantitative estimate of drug-likeness (QED) is 0.487. The molecule has 0 radical (unpaired) electrons. The van der Waals surface area contributed by atoms with Crippen LogP contribution in [0.25, 0.3) is 11.1 Å². The summed E-state index contributed by atoms with van der Waals surface area (Å²) in [6, 6.07) is 11.5. The molecule has 0 unspecified atom stereocenters. The van der Waals surface area contributed by atoms with Crippen molar-refractivity contribution in [3.63, 3.8) is 0 Å². The number of rotatable bonds is 8. The van der Waals surface area contributed by atoms with Gasteiger partial charge in [0, 0.05) is 25.7 Å². The number of halogens is 2. The third-order valence-electron chi connectivity index (χ3n) is 5.47. The first-order chi connectivity index (χ1) is 15.6. The molecule has 0 spiro atoms. The van der Waals surface area contributed by atoms with Gasteiger partial charge >= 0.3 is 5.97 Å². The number of nitrogens with one attached hydrogen (secondary N) is 1. The van der Waals surface area contributed by atoms with Gasteiger partial charge in [-0.1, -0.05) is 23.7 Å². The first-order valence-electron chi connectivity index (χ1n) is 10.5. The van der Waals surface area contributed by atoms with Crippen LogP contribution in [-0.2, 0) is 11.3 Å². The van der Waals surface area contributed by atoms with Crippen molar-refractivity contribution in [2.24, 2.45) is 0 Å². The number of ether oxygens (including phenoxy) is 2. The normalized spacial score (nSPS) is 15.1. The summed E-state index contributed by atoms with van der Waals surface area (Å²) < 4.78 is 28.4. The van der Waals surface area contributed by atoms with Gasteiger partial charge in [-0.3, -0.25) is 4.90 Å². The molecule has 170 valence electrons. The van der Waals surface area contributed by atoms with Gasteiger partial charge in [0.05, 0.1) is 12.1 Å². The molecule has 0 bridgehead atoms. The molecule has 1 aliphatic heterocycles. The molecule has 1 saturated heterocycles. The fraction of sp³-hybridized carbons (Fsp3) is 0.391. The van der Waals surface area contributed by atoms with Crippen LogP contribution in [0.4, 0.5) is 10.4 Å². The van der Waals surface area contributed by atoms with Gasteiger partial charge in [0.2, 0.25) is 0 Å². The number of fused-ring (bicyclic) bond motifs is 1. The van der Waals surface area contributed by atoms with Crippen LogP contribution >= 0.6 is 11.6 Å². The van der Waals surface area contributed by atoms with E-state index >= 15 is 0 Å². The lowest BCUT2D eigenvalue weighted by atomic mass is 10.0. The number of carbonyl (C=O) groups excluding carboxylic acids is 1. The predicted molar refractivity (Wildman–Crippen MR) is 120 cm³/mol. The molecular formula is C23H25ClFN3O4. The van der Waals surface area contributed by atoms with Gasteiger partial charge < -0.3 is 19.2 Å². The van der Waals surface area contributed by atoms with Crippen molar-refractivity contribution in [1.29, 1.82) is 0 Å². The second-order valence-electron chi connectivity index (χ2n) is 7.66. The van der Waals surface area contributed by atoms with Crippen LogP contribution in [0.5, 0.6) is 5.75 Å². The van der Waals surface area contributed by atoms with E-state index in [4.69, 9.17) is 25.5 Å². The highest BCUT2D eigenvalue weighted by Crippen LogP contribution is 2.28. The monoisotopic (exact) mass is 461 g/mol. The number of para-hydroxylation sites is 1. The van der Waals surface area contributed by atoms with Crippen molar-refractivity contribution >= 4 is 34.7 Å². The lowest BCUT2D eigenvalue weighted by Gasteiger charge is -2.32. The van der Waals surface area contributed by atoms with Crippen LogP contribution in [0.1, 0.15) is 28.8 Å². The van der Waals surface area contributed by atoms with E-state index < -0.39 is 12.6 Å². The molecule has 1 aromatic heterocycles. The molecule has 0 aliphatic carbocycles. The number of nitrogens with zero attached hydrogens (tertiary/aromatic N) is 2. The zero-order chi connectivity index (χ0) is 22.5. The average molecular weight is 462 g/mol. The number of hydrogen-bond donors (Lipinski definition) is 1. The maximum atomic E-state index is 12.4. The highest BCUT2D eigenvalue weighted by Gasteiger charge is 2.22. The summed E-state index contributed by atoms with van der Waals surface area (Å²) in [4.78, 5) is 18.7. The van der Waals surface area contributed by atoms with Crippen molar-refractivity contribution in [1.82, 2.24) is 9.88 Å². The minimum absolute atomic E-state index is 0.00279. The summed E-state index contributed by atoms with van der Waals surface area (Å²) in [5.41, 5.74) is 2.47. The number of aromatic nitrogens is 1. The van der Waals surface area contributed by atoms with Crippen LogP contribution in [-0.4, -0.2) is 55.4 Å². The summed E-state index contributed by atoms with van der Waals surface area (Å²) >= 11 is 6.13. The molecule has 0 saturated carbocycles. The van der Waals surface area contributed by atoms with Gasteiger partial charge in [0.25, 0.3) is 6.01 Å². The molecular weight excluding hydrogens is 437 g/mol. The molecule has 3 aromatic rings. The Labute approximate surface area is 190 Å². The summed E-state index contributed by atoms with van der Waals surface area (Å²) in [7, 11) is 1.34. The topological polar surface area (TPSA) is 76.8 Å². The third kappa shape index (κ3) is 5.14. The van der Waals surface area contributed by atoms with E-state index in [9.17, 15) is 9.18 Å². The first-order valence-corrected chi connectivity index (χ1v) is 10.9. The van der Waals surface area contributed by atoms with Gasteiger partial charge in [-0.2, -0.15) is 4.98 Å². The molecule has 0 amide bonds. The highest BCUT2D eigenvalue weighted by molar-refractivity contribution is 6.32. The van der Waals surface area contributed by atoms with Gasteiger partial charge in [-0.05, 0) is 42.7 Å². The number of anilines is 1. The van der Waals surface area contributed by atoms with Crippen LogP contribution in [0, 0.1) is 0 Å². The number of esters is 1. The molecule has 7 nitrogen and oxygen atoms in total. The maximum absolute atomic E-state index is 12.4. The molecule has 0 atom stereocenters. The SMILES string of the molecule is COC(=O)c1cccc2nc(NC3CCN(Cc4ccc(Cl)c(OCCF)c4)CC3)oc12. The van der Waals surface area contributed by atoms with Crippen molar-refractivity contribution in [3.05, 3.63) is 52.5 Å². The molecule has 1 fully saturated rings. The number of carbonyl (C=O) groups is 1. The number of alkyl halides is 1. The Balaban J connectivity index is 1.34. The number of methoxy groups -OCH3 is 1. The summed E-state index contributed by atoms with van der Waals surface area (Å²) in [5.74, 6) is 0.0627. The Morgan fingerprint density at radius 1 is 1.31 bits per heavy atom. The zero-order valence-corrected chi connectivity index (χ0v) is 18.5. The molecule has 32 heavy (non-hydrogen) atoms. The molecule has 2 heterocycles. The standard InChI is InChI=1S/C23H25ClFN3O4/c1-30-22(29)17-3-2-4-19-21(17)32-23(27-19)26-16-7-10-28(11-8-16)14-15-5-6-18(24)20(13-15)31-12-9-25/h2-6,13,16H,7-12,14H2,1H3,(H,26,27). The third-order valence-corrected chi connectivity index (χ3v) is 5.78. The van der Waals surface area contributed by atoms with Gasteiger partial charge in [-0.25, -0.2) is 9.18 Å². The molecule has 2 aromatic carbocycles. The van der Waals surface area contributed by atoms with E-state index in [1.54, 1.807) is 24.3 Å². The second kappa shape index (κ2) is 10.2. The van der Waals surface area contributed by atoms with Crippen molar-refractivity contribution in [3.8, 4) is 5.75 Å². The van der Waals surface area contributed by atoms with Gasteiger partial charge in [0.15, 0.2) is 5.58 Å². The van der Waals surface area contributed by atoms with E-state index in [1.807, 2.05) is 12.1 Å². The summed E-state index contributed by atoms with van der Waals surface area (Å²) in [5, 5.41) is 3.83. The minimum Gasteiger partial charge on any atom is -0.489 e. The fourth-order valence-corrected chi connectivity index (χ4v) is 4.03. The van der Waals surface area contributed by atoms with Crippen molar-refractivity contribution < 1.29 is 23.1 Å². The van der Waals surface area contributed by atoms with E-state index in [-0.39, 0.29) is 12.6 Å². The zero-order valence-electron chi connectivity index (χ0n) is 17.8. The Morgan fingerprint density at radius 2 is 2.12 bits per heavy atom. The molecule has 9 heteroatoms. The van der Waals surface area contributed by atoms with E-state index in [1.165, 1.54) is 7.11 Å². The lowest BCUT2D eigenvalue weighted by molar-refractivity contribution is 0.0602. The number of oxazole rings is 1. The van der Waals surface area contributed by atoms with E-state index in [2.05, 4.69) is 15.2 Å². The lowest BCUT2D eigenvalue weighted by Crippen LogP contribution is -2.38. The van der Waals surface area contributed by atoms with E-state index in [0.29, 0.717) is 33.4 Å². The smallest absolute Gasteiger partial charge is 0.341 e. The van der Waals surface area contributed by atoms with Crippen molar-refractivity contribution in [2.75, 3.05) is 38.8 Å². The number of likely N-dealkylation sites (tertiary alicyclic amines) is 1.